The van der Waals surface area contributed by atoms with Gasteiger partial charge in [-0.25, -0.2) is 4.98 Å². The van der Waals surface area contributed by atoms with Crippen LogP contribution in [0.2, 0.25) is 5.02 Å². The molecule has 1 N–H and O–H groups in total. The number of hydrogen-bond acceptors (Lipinski definition) is 4. The number of anilines is 2. The number of nitrogens with one attached hydrogen (secondary N) is 1. The van der Waals surface area contributed by atoms with Crippen molar-refractivity contribution in [3.8, 4) is 6.07 Å². The predicted octanol–water partition coefficient (Wildman–Crippen LogP) is 5.33. The Morgan fingerprint density at radius 1 is 1.25 bits per heavy atom. The summed E-state index contributed by atoms with van der Waals surface area (Å²) in [5, 5.41) is 13.3. The number of nitriles is 1. The molecule has 0 spiro atoms. The number of rotatable bonds is 2. The lowest BCUT2D eigenvalue weighted by Gasteiger charge is -2.03. The van der Waals surface area contributed by atoms with Crippen LogP contribution in [-0.4, -0.2) is 4.98 Å². The van der Waals surface area contributed by atoms with Crippen molar-refractivity contribution >= 4 is 59.9 Å². The lowest BCUT2D eigenvalue weighted by atomic mass is 10.2. The number of aromatic nitrogens is 1. The van der Waals surface area contributed by atoms with Crippen molar-refractivity contribution in [2.45, 2.75) is 0 Å². The van der Waals surface area contributed by atoms with Gasteiger partial charge in [-0.2, -0.15) is 5.26 Å². The van der Waals surface area contributed by atoms with Gasteiger partial charge in [-0.3, -0.25) is 0 Å². The summed E-state index contributed by atoms with van der Waals surface area (Å²) in [5.41, 5.74) is 2.21. The van der Waals surface area contributed by atoms with E-state index in [4.69, 9.17) is 16.9 Å². The maximum atomic E-state index is 8.85. The number of fused-ring (bicyclic) bond motifs is 1. The highest BCUT2D eigenvalue weighted by atomic mass is 79.9. The Balaban J connectivity index is 1.93. The minimum atomic E-state index is 0.432. The van der Waals surface area contributed by atoms with E-state index in [1.807, 2.05) is 30.3 Å². The SMILES string of the molecule is N#Cc1ccc(Nc2nc3cc(Br)ccc3s2)cc1Cl. The zero-order valence-electron chi connectivity index (χ0n) is 10.0. The number of halogens is 2. The molecule has 0 radical (unpaired) electrons. The average Bonchev–Trinajstić information content (AvgIpc) is 2.80. The van der Waals surface area contributed by atoms with Gasteiger partial charge in [0.05, 0.1) is 20.8 Å². The van der Waals surface area contributed by atoms with Crippen LogP contribution in [0.3, 0.4) is 0 Å². The molecule has 0 unspecified atom stereocenters. The summed E-state index contributed by atoms with van der Waals surface area (Å²) in [6.07, 6.45) is 0. The van der Waals surface area contributed by atoms with E-state index in [0.717, 1.165) is 25.5 Å². The second-order valence-electron chi connectivity index (χ2n) is 4.06. The van der Waals surface area contributed by atoms with Gasteiger partial charge in [0.25, 0.3) is 0 Å². The fourth-order valence-corrected chi connectivity index (χ4v) is 3.20. The van der Waals surface area contributed by atoms with E-state index in [0.29, 0.717) is 10.6 Å². The summed E-state index contributed by atoms with van der Waals surface area (Å²) in [5.74, 6) is 0. The van der Waals surface area contributed by atoms with Crippen molar-refractivity contribution < 1.29 is 0 Å². The Kier molecular flexibility index (Phi) is 3.62. The number of nitrogens with zero attached hydrogens (tertiary/aromatic N) is 2. The normalized spacial score (nSPS) is 10.4. The second-order valence-corrected chi connectivity index (χ2v) is 6.42. The van der Waals surface area contributed by atoms with Crippen LogP contribution in [0.1, 0.15) is 5.56 Å². The van der Waals surface area contributed by atoms with Gasteiger partial charge in [-0.1, -0.05) is 38.9 Å². The van der Waals surface area contributed by atoms with Crippen molar-refractivity contribution in [3.63, 3.8) is 0 Å². The molecule has 0 amide bonds. The Labute approximate surface area is 133 Å². The van der Waals surface area contributed by atoms with Crippen LogP contribution in [0.25, 0.3) is 10.2 Å². The summed E-state index contributed by atoms with van der Waals surface area (Å²) < 4.78 is 2.11. The third-order valence-electron chi connectivity index (χ3n) is 2.69. The van der Waals surface area contributed by atoms with E-state index < -0.39 is 0 Å². The molecule has 1 aromatic heterocycles. The maximum Gasteiger partial charge on any atom is 0.188 e. The van der Waals surface area contributed by atoms with E-state index >= 15 is 0 Å². The maximum absolute atomic E-state index is 8.85. The van der Waals surface area contributed by atoms with Crippen LogP contribution >= 0.6 is 38.9 Å². The zero-order valence-corrected chi connectivity index (χ0v) is 13.2. The second kappa shape index (κ2) is 5.41. The van der Waals surface area contributed by atoms with Crippen molar-refractivity contribution in [1.29, 1.82) is 5.26 Å². The highest BCUT2D eigenvalue weighted by molar-refractivity contribution is 9.10. The molecule has 0 fully saturated rings. The van der Waals surface area contributed by atoms with Gasteiger partial charge in [0, 0.05) is 10.2 Å². The molecule has 2 aromatic carbocycles. The summed E-state index contributed by atoms with van der Waals surface area (Å²) in [6.45, 7) is 0. The van der Waals surface area contributed by atoms with Gasteiger partial charge in [0.1, 0.15) is 6.07 Å². The predicted molar refractivity (Wildman–Crippen MR) is 86.8 cm³/mol. The molecule has 0 atom stereocenters. The first-order valence-electron chi connectivity index (χ1n) is 5.68. The highest BCUT2D eigenvalue weighted by Gasteiger charge is 2.06. The van der Waals surface area contributed by atoms with E-state index in [1.54, 1.807) is 23.5 Å². The summed E-state index contributed by atoms with van der Waals surface area (Å²) in [6, 6.07) is 13.2. The number of hydrogen-bond donors (Lipinski definition) is 1. The van der Waals surface area contributed by atoms with Crippen molar-refractivity contribution in [1.82, 2.24) is 4.98 Å². The molecule has 0 aliphatic carbocycles. The minimum Gasteiger partial charge on any atom is -0.331 e. The molecule has 0 aliphatic heterocycles. The minimum absolute atomic E-state index is 0.432. The van der Waals surface area contributed by atoms with Gasteiger partial charge in [-0.05, 0) is 36.4 Å². The summed E-state index contributed by atoms with van der Waals surface area (Å²) >= 11 is 11.0. The molecular weight excluding hydrogens is 358 g/mol. The van der Waals surface area contributed by atoms with E-state index in [-0.39, 0.29) is 0 Å². The standard InChI is InChI=1S/C14H7BrClN3S/c15-9-2-4-13-12(5-9)19-14(20-13)18-10-3-1-8(7-17)11(16)6-10/h1-6H,(H,18,19). The molecule has 3 aromatic rings. The van der Waals surface area contributed by atoms with Crippen molar-refractivity contribution in [2.24, 2.45) is 0 Å². The molecule has 0 bridgehead atoms. The van der Waals surface area contributed by atoms with Gasteiger partial charge >= 0.3 is 0 Å². The Bertz CT molecular complexity index is 838. The molecule has 0 saturated heterocycles. The Morgan fingerprint density at radius 3 is 2.85 bits per heavy atom. The van der Waals surface area contributed by atoms with Crippen LogP contribution in [0, 0.1) is 11.3 Å². The molecule has 20 heavy (non-hydrogen) atoms. The number of benzene rings is 2. The molecule has 98 valence electrons. The first-order chi connectivity index (χ1) is 9.65. The third-order valence-corrected chi connectivity index (χ3v) is 4.45. The first kappa shape index (κ1) is 13.4. The lowest BCUT2D eigenvalue weighted by molar-refractivity contribution is 1.43. The molecule has 3 nitrogen and oxygen atoms in total. The fraction of sp³-hybridized carbons (Fsp3) is 0. The van der Waals surface area contributed by atoms with Crippen molar-refractivity contribution in [2.75, 3.05) is 5.32 Å². The molecular formula is C14H7BrClN3S. The number of thiazole rings is 1. The highest BCUT2D eigenvalue weighted by Crippen LogP contribution is 2.31. The third kappa shape index (κ3) is 2.63. The molecule has 0 aliphatic rings. The Morgan fingerprint density at radius 2 is 2.10 bits per heavy atom. The van der Waals surface area contributed by atoms with Gasteiger partial charge < -0.3 is 5.32 Å². The van der Waals surface area contributed by atoms with Crippen LogP contribution in [0.15, 0.2) is 40.9 Å². The van der Waals surface area contributed by atoms with E-state index in [2.05, 4.69) is 26.2 Å². The zero-order chi connectivity index (χ0) is 14.1. The van der Waals surface area contributed by atoms with E-state index in [1.165, 1.54) is 0 Å². The van der Waals surface area contributed by atoms with Gasteiger partial charge in [-0.15, -0.1) is 0 Å². The average molecular weight is 365 g/mol. The monoisotopic (exact) mass is 363 g/mol. The quantitative estimate of drug-likeness (QED) is 0.669. The fourth-order valence-electron chi connectivity index (χ4n) is 1.76. The van der Waals surface area contributed by atoms with Gasteiger partial charge in [0.2, 0.25) is 0 Å². The lowest BCUT2D eigenvalue weighted by Crippen LogP contribution is -1.89. The van der Waals surface area contributed by atoms with Crippen LogP contribution < -0.4 is 5.32 Å². The van der Waals surface area contributed by atoms with E-state index in [9.17, 15) is 0 Å². The largest absolute Gasteiger partial charge is 0.331 e. The summed E-state index contributed by atoms with van der Waals surface area (Å²) in [7, 11) is 0. The molecule has 6 heteroatoms. The van der Waals surface area contributed by atoms with Crippen molar-refractivity contribution in [3.05, 3.63) is 51.5 Å². The molecule has 0 saturated carbocycles. The first-order valence-corrected chi connectivity index (χ1v) is 7.67. The van der Waals surface area contributed by atoms with Crippen LogP contribution in [0.4, 0.5) is 10.8 Å². The topological polar surface area (TPSA) is 48.7 Å². The summed E-state index contributed by atoms with van der Waals surface area (Å²) in [4.78, 5) is 4.51. The molecule has 1 heterocycles. The molecule has 3 rings (SSSR count). The van der Waals surface area contributed by atoms with Crippen LogP contribution in [0.5, 0.6) is 0 Å². The van der Waals surface area contributed by atoms with Gasteiger partial charge in [0.15, 0.2) is 5.13 Å². The Hall–Kier alpha value is -1.61. The smallest absolute Gasteiger partial charge is 0.188 e. The van der Waals surface area contributed by atoms with Crippen LogP contribution in [-0.2, 0) is 0 Å².